The van der Waals surface area contributed by atoms with E-state index in [-0.39, 0.29) is 18.2 Å². The molecule has 0 radical (unpaired) electrons. The second kappa shape index (κ2) is 5.44. The summed E-state index contributed by atoms with van der Waals surface area (Å²) in [5.41, 5.74) is 7.41. The second-order valence-corrected chi connectivity index (χ2v) is 4.83. The molecule has 1 aromatic heterocycles. The van der Waals surface area contributed by atoms with Crippen LogP contribution < -0.4 is 5.73 Å². The summed E-state index contributed by atoms with van der Waals surface area (Å²) in [4.78, 5) is 15.7. The zero-order chi connectivity index (χ0) is 14.0. The Morgan fingerprint density at radius 3 is 2.89 bits per heavy atom. The van der Waals surface area contributed by atoms with Crippen LogP contribution in [-0.4, -0.2) is 17.6 Å². The fourth-order valence-corrected chi connectivity index (χ4v) is 2.14. The molecule has 0 unspecified atom stereocenters. The van der Waals surface area contributed by atoms with E-state index in [1.165, 1.54) is 0 Å². The molecule has 2 rings (SSSR count). The Kier molecular flexibility index (Phi) is 3.90. The van der Waals surface area contributed by atoms with Gasteiger partial charge in [0.15, 0.2) is 0 Å². The van der Waals surface area contributed by atoms with Crippen molar-refractivity contribution in [3.8, 4) is 11.5 Å². The number of ether oxygens (including phenoxy) is 1. The minimum absolute atomic E-state index is 0.0131. The molecule has 0 atom stereocenters. The summed E-state index contributed by atoms with van der Waals surface area (Å²) in [5.74, 6) is -0.300. The Labute approximate surface area is 118 Å². The number of nitrogens with two attached hydrogens (primary N) is 1. The summed E-state index contributed by atoms with van der Waals surface area (Å²) in [6, 6.07) is 5.64. The van der Waals surface area contributed by atoms with Gasteiger partial charge in [0, 0.05) is 10.0 Å². The van der Waals surface area contributed by atoms with Gasteiger partial charge in [-0.3, -0.25) is 0 Å². The van der Waals surface area contributed by atoms with Crippen LogP contribution in [-0.2, 0) is 4.74 Å². The van der Waals surface area contributed by atoms with Gasteiger partial charge in [0.1, 0.15) is 0 Å². The molecular weight excluding hydrogens is 312 g/mol. The third kappa shape index (κ3) is 2.78. The topological polar surface area (TPSA) is 78.3 Å². The number of hydrogen-bond donors (Lipinski definition) is 1. The normalized spacial score (nSPS) is 10.5. The minimum atomic E-state index is -0.579. The Morgan fingerprint density at radius 1 is 1.53 bits per heavy atom. The van der Waals surface area contributed by atoms with Crippen LogP contribution in [0, 0.1) is 6.92 Å². The van der Waals surface area contributed by atoms with Gasteiger partial charge in [0.25, 0.3) is 0 Å². The number of carbonyl (C=O) groups excluding carboxylic acids is 1. The smallest absolute Gasteiger partial charge is 0.362 e. The van der Waals surface area contributed by atoms with Crippen molar-refractivity contribution in [3.63, 3.8) is 0 Å². The van der Waals surface area contributed by atoms with Crippen molar-refractivity contribution in [2.45, 2.75) is 13.8 Å². The average molecular weight is 325 g/mol. The highest BCUT2D eigenvalue weighted by Gasteiger charge is 2.20. The third-order valence-corrected chi connectivity index (χ3v) is 3.03. The van der Waals surface area contributed by atoms with Gasteiger partial charge >= 0.3 is 5.97 Å². The van der Waals surface area contributed by atoms with E-state index in [9.17, 15) is 4.79 Å². The van der Waals surface area contributed by atoms with E-state index < -0.39 is 5.97 Å². The first kappa shape index (κ1) is 13.6. The largest absolute Gasteiger partial charge is 0.461 e. The van der Waals surface area contributed by atoms with E-state index >= 15 is 0 Å². The van der Waals surface area contributed by atoms with E-state index in [0.29, 0.717) is 5.89 Å². The molecule has 5 nitrogen and oxygen atoms in total. The van der Waals surface area contributed by atoms with Crippen LogP contribution in [0.3, 0.4) is 0 Å². The first-order chi connectivity index (χ1) is 9.02. The van der Waals surface area contributed by atoms with Crippen molar-refractivity contribution >= 4 is 27.8 Å². The van der Waals surface area contributed by atoms with Gasteiger partial charge in [-0.1, -0.05) is 15.9 Å². The number of aryl methyl sites for hydroxylation is 1. The van der Waals surface area contributed by atoms with E-state index in [1.807, 2.05) is 25.1 Å². The summed E-state index contributed by atoms with van der Waals surface area (Å²) in [6.07, 6.45) is 0. The number of carbonyl (C=O) groups is 1. The second-order valence-electron chi connectivity index (χ2n) is 3.91. The molecule has 0 saturated carbocycles. The zero-order valence-electron chi connectivity index (χ0n) is 10.6. The Bertz CT molecular complexity index is 622. The maximum Gasteiger partial charge on any atom is 0.362 e. The van der Waals surface area contributed by atoms with Gasteiger partial charge in [-0.25, -0.2) is 4.79 Å². The average Bonchev–Trinajstić information content (AvgIpc) is 2.71. The number of nitrogen functional groups attached to an aromatic ring is 1. The van der Waals surface area contributed by atoms with Crippen molar-refractivity contribution in [1.29, 1.82) is 0 Å². The molecule has 1 aromatic carbocycles. The predicted octanol–water partition coefficient (Wildman–Crippen LogP) is 3.17. The lowest BCUT2D eigenvalue weighted by molar-refractivity contribution is 0.0521. The van der Waals surface area contributed by atoms with Gasteiger partial charge in [0.05, 0.1) is 6.61 Å². The summed E-state index contributed by atoms with van der Waals surface area (Å²) in [5, 5.41) is 0. The molecule has 2 N–H and O–H groups in total. The molecule has 0 fully saturated rings. The summed E-state index contributed by atoms with van der Waals surface area (Å²) < 4.78 is 11.2. The molecule has 6 heteroatoms. The van der Waals surface area contributed by atoms with Gasteiger partial charge in [0.2, 0.25) is 17.5 Å². The van der Waals surface area contributed by atoms with Gasteiger partial charge < -0.3 is 14.9 Å². The highest BCUT2D eigenvalue weighted by molar-refractivity contribution is 9.10. The molecule has 19 heavy (non-hydrogen) atoms. The fraction of sp³-hybridized carbons (Fsp3) is 0.231. The number of anilines is 1. The predicted molar refractivity (Wildman–Crippen MR) is 74.7 cm³/mol. The minimum Gasteiger partial charge on any atom is -0.461 e. The lowest BCUT2D eigenvalue weighted by atomic mass is 10.1. The van der Waals surface area contributed by atoms with Crippen LogP contribution in [0.15, 0.2) is 27.1 Å². The van der Waals surface area contributed by atoms with Crippen molar-refractivity contribution in [2.75, 3.05) is 12.3 Å². The molecule has 0 amide bonds. The quantitative estimate of drug-likeness (QED) is 0.877. The van der Waals surface area contributed by atoms with Crippen molar-refractivity contribution < 1.29 is 13.9 Å². The molecule has 100 valence electrons. The van der Waals surface area contributed by atoms with E-state index in [2.05, 4.69) is 20.9 Å². The third-order valence-electron chi connectivity index (χ3n) is 2.54. The highest BCUT2D eigenvalue weighted by atomic mass is 79.9. The maximum atomic E-state index is 11.6. The Morgan fingerprint density at radius 2 is 2.26 bits per heavy atom. The van der Waals surface area contributed by atoms with Crippen LogP contribution >= 0.6 is 15.9 Å². The molecule has 0 bridgehead atoms. The molecular formula is C13H13BrN2O3. The number of nitrogens with zero attached hydrogens (tertiary/aromatic N) is 1. The summed E-state index contributed by atoms with van der Waals surface area (Å²) >= 11 is 3.38. The van der Waals surface area contributed by atoms with Crippen LogP contribution in [0.2, 0.25) is 0 Å². The van der Waals surface area contributed by atoms with Gasteiger partial charge in [-0.15, -0.1) is 0 Å². The Hall–Kier alpha value is -1.82. The molecule has 0 aliphatic rings. The van der Waals surface area contributed by atoms with Gasteiger partial charge in [-0.2, -0.15) is 4.98 Å². The number of benzene rings is 1. The first-order valence-electron chi connectivity index (χ1n) is 5.73. The highest BCUT2D eigenvalue weighted by Crippen LogP contribution is 2.28. The van der Waals surface area contributed by atoms with E-state index in [4.69, 9.17) is 14.9 Å². The summed E-state index contributed by atoms with van der Waals surface area (Å²) in [6.45, 7) is 3.90. The fourth-order valence-electron chi connectivity index (χ4n) is 1.66. The number of oxazole rings is 1. The standard InChI is InChI=1S/C13H13BrN2O3/c1-3-18-13(17)10-11(15)19-12(16-10)9-5-4-8(14)6-7(9)2/h4-6H,3,15H2,1-2H3. The Balaban J connectivity index is 2.42. The molecule has 0 aliphatic heterocycles. The molecule has 0 aliphatic carbocycles. The SMILES string of the molecule is CCOC(=O)c1nc(-c2ccc(Br)cc2C)oc1N. The van der Waals surface area contributed by atoms with Crippen LogP contribution in [0.4, 0.5) is 5.88 Å². The number of hydrogen-bond acceptors (Lipinski definition) is 5. The van der Waals surface area contributed by atoms with Crippen LogP contribution in [0.5, 0.6) is 0 Å². The van der Waals surface area contributed by atoms with Crippen LogP contribution in [0.25, 0.3) is 11.5 Å². The van der Waals surface area contributed by atoms with Crippen molar-refractivity contribution in [1.82, 2.24) is 4.98 Å². The number of halogens is 1. The molecule has 2 aromatic rings. The van der Waals surface area contributed by atoms with Crippen molar-refractivity contribution in [3.05, 3.63) is 33.9 Å². The first-order valence-corrected chi connectivity index (χ1v) is 6.52. The molecule has 0 spiro atoms. The molecule has 0 saturated heterocycles. The van der Waals surface area contributed by atoms with Crippen molar-refractivity contribution in [2.24, 2.45) is 0 Å². The van der Waals surface area contributed by atoms with Gasteiger partial charge in [-0.05, 0) is 37.6 Å². The maximum absolute atomic E-state index is 11.6. The monoisotopic (exact) mass is 324 g/mol. The lowest BCUT2D eigenvalue weighted by Crippen LogP contribution is -2.07. The number of esters is 1. The lowest BCUT2D eigenvalue weighted by Gasteiger charge is -2.01. The van der Waals surface area contributed by atoms with E-state index in [0.717, 1.165) is 15.6 Å². The van der Waals surface area contributed by atoms with E-state index in [1.54, 1.807) is 6.92 Å². The number of aromatic nitrogens is 1. The zero-order valence-corrected chi connectivity index (χ0v) is 12.2. The summed E-state index contributed by atoms with van der Waals surface area (Å²) in [7, 11) is 0. The molecule has 1 heterocycles. The van der Waals surface area contributed by atoms with Crippen LogP contribution in [0.1, 0.15) is 23.0 Å². The number of rotatable bonds is 3.